The Hall–Kier alpha value is -2.88. The number of anilines is 1. The molecule has 3 aromatic rings. The Morgan fingerprint density at radius 1 is 1.05 bits per heavy atom. The summed E-state index contributed by atoms with van der Waals surface area (Å²) >= 11 is 0. The van der Waals surface area contributed by atoms with Gasteiger partial charge in [-0.05, 0) is 43.7 Å². The molecule has 0 bridgehead atoms. The molecule has 0 radical (unpaired) electrons. The monoisotopic (exact) mass is 292 g/mol. The number of rotatable bonds is 3. The van der Waals surface area contributed by atoms with Crippen LogP contribution in [-0.4, -0.2) is 16.7 Å². The Morgan fingerprint density at radius 2 is 1.86 bits per heavy atom. The average Bonchev–Trinajstić information content (AvgIpc) is 2.90. The number of benzene rings is 2. The summed E-state index contributed by atoms with van der Waals surface area (Å²) in [6, 6.07) is 14.7. The summed E-state index contributed by atoms with van der Waals surface area (Å²) in [5.74, 6) is -0.258. The second-order valence-corrected chi connectivity index (χ2v) is 5.36. The highest BCUT2D eigenvalue weighted by molar-refractivity contribution is 6.06. The van der Waals surface area contributed by atoms with Gasteiger partial charge in [0.2, 0.25) is 0 Å². The molecule has 0 unspecified atom stereocenters. The first kappa shape index (κ1) is 14.1. The van der Waals surface area contributed by atoms with E-state index in [9.17, 15) is 9.59 Å². The molecule has 22 heavy (non-hydrogen) atoms. The maximum Gasteiger partial charge on any atom is 0.272 e. The average molecular weight is 292 g/mol. The standard InChI is InChI=1S/C18H16N2O2/c1-11-6-7-14-10-17(20-16(14)8-11)18(22)19-15-5-3-4-13(9-15)12(2)21/h3-10,20H,1-2H3,(H,19,22). The van der Waals surface area contributed by atoms with E-state index in [-0.39, 0.29) is 11.7 Å². The lowest BCUT2D eigenvalue weighted by molar-refractivity contribution is 0.100. The Labute approximate surface area is 128 Å². The maximum atomic E-state index is 12.3. The van der Waals surface area contributed by atoms with Crippen LogP contribution in [-0.2, 0) is 0 Å². The van der Waals surface area contributed by atoms with Gasteiger partial charge in [-0.25, -0.2) is 0 Å². The molecular formula is C18H16N2O2. The zero-order valence-corrected chi connectivity index (χ0v) is 12.4. The normalized spacial score (nSPS) is 10.6. The lowest BCUT2D eigenvalue weighted by Gasteiger charge is -2.05. The first-order valence-electron chi connectivity index (χ1n) is 7.04. The molecule has 2 N–H and O–H groups in total. The van der Waals surface area contributed by atoms with Crippen molar-refractivity contribution in [3.63, 3.8) is 0 Å². The Bertz CT molecular complexity index is 878. The lowest BCUT2D eigenvalue weighted by Crippen LogP contribution is -2.12. The topological polar surface area (TPSA) is 62.0 Å². The quantitative estimate of drug-likeness (QED) is 0.718. The minimum absolute atomic E-state index is 0.0304. The fraction of sp³-hybridized carbons (Fsp3) is 0.111. The van der Waals surface area contributed by atoms with E-state index in [1.54, 1.807) is 24.3 Å². The van der Waals surface area contributed by atoms with E-state index in [0.717, 1.165) is 16.5 Å². The molecule has 3 rings (SSSR count). The fourth-order valence-corrected chi connectivity index (χ4v) is 2.38. The lowest BCUT2D eigenvalue weighted by atomic mass is 10.1. The number of ketones is 1. The number of hydrogen-bond donors (Lipinski definition) is 2. The van der Waals surface area contributed by atoms with Crippen LogP contribution in [0, 0.1) is 6.92 Å². The van der Waals surface area contributed by atoms with Gasteiger partial charge in [0.15, 0.2) is 5.78 Å². The van der Waals surface area contributed by atoms with Crippen LogP contribution < -0.4 is 5.32 Å². The number of hydrogen-bond acceptors (Lipinski definition) is 2. The summed E-state index contributed by atoms with van der Waals surface area (Å²) < 4.78 is 0. The zero-order valence-electron chi connectivity index (χ0n) is 12.4. The van der Waals surface area contributed by atoms with Crippen molar-refractivity contribution in [3.8, 4) is 0 Å². The van der Waals surface area contributed by atoms with Gasteiger partial charge < -0.3 is 10.3 Å². The van der Waals surface area contributed by atoms with E-state index < -0.39 is 0 Å². The number of aryl methyl sites for hydroxylation is 1. The number of Topliss-reactive ketones (excluding diaryl/α,β-unsaturated/α-hetero) is 1. The molecule has 0 aliphatic carbocycles. The minimum atomic E-state index is -0.227. The molecule has 1 heterocycles. The SMILES string of the molecule is CC(=O)c1cccc(NC(=O)c2cc3ccc(C)cc3[nH]2)c1. The van der Waals surface area contributed by atoms with Crippen LogP contribution in [0.15, 0.2) is 48.5 Å². The molecule has 0 aliphatic rings. The third-order valence-electron chi connectivity index (χ3n) is 3.55. The molecule has 0 aliphatic heterocycles. The molecule has 1 aromatic heterocycles. The number of aromatic amines is 1. The van der Waals surface area contributed by atoms with Crippen molar-refractivity contribution in [2.75, 3.05) is 5.32 Å². The van der Waals surface area contributed by atoms with Crippen molar-refractivity contribution in [3.05, 3.63) is 65.4 Å². The molecule has 110 valence electrons. The number of H-pyrrole nitrogens is 1. The molecule has 0 spiro atoms. The number of carbonyl (C=O) groups is 2. The van der Waals surface area contributed by atoms with E-state index >= 15 is 0 Å². The van der Waals surface area contributed by atoms with Gasteiger partial charge in [-0.3, -0.25) is 9.59 Å². The molecule has 0 atom stereocenters. The van der Waals surface area contributed by atoms with Crippen molar-refractivity contribution < 1.29 is 9.59 Å². The second kappa shape index (κ2) is 5.48. The number of nitrogens with one attached hydrogen (secondary N) is 2. The van der Waals surface area contributed by atoms with Crippen LogP contribution in [0.3, 0.4) is 0 Å². The largest absolute Gasteiger partial charge is 0.351 e. The van der Waals surface area contributed by atoms with Crippen molar-refractivity contribution >= 4 is 28.3 Å². The highest BCUT2D eigenvalue weighted by atomic mass is 16.2. The van der Waals surface area contributed by atoms with Crippen LogP contribution in [0.2, 0.25) is 0 Å². The Kier molecular flexibility index (Phi) is 3.51. The first-order valence-corrected chi connectivity index (χ1v) is 7.04. The maximum absolute atomic E-state index is 12.3. The fourth-order valence-electron chi connectivity index (χ4n) is 2.38. The van der Waals surface area contributed by atoms with Gasteiger partial charge in [0.1, 0.15) is 5.69 Å². The van der Waals surface area contributed by atoms with Gasteiger partial charge in [-0.15, -0.1) is 0 Å². The van der Waals surface area contributed by atoms with E-state index in [2.05, 4.69) is 10.3 Å². The molecule has 1 amide bonds. The van der Waals surface area contributed by atoms with E-state index in [4.69, 9.17) is 0 Å². The predicted molar refractivity (Wildman–Crippen MR) is 87.4 cm³/mol. The molecule has 0 saturated heterocycles. The van der Waals surface area contributed by atoms with Crippen LogP contribution >= 0.6 is 0 Å². The van der Waals surface area contributed by atoms with Crippen LogP contribution in [0.25, 0.3) is 10.9 Å². The Balaban J connectivity index is 1.86. The van der Waals surface area contributed by atoms with Gasteiger partial charge in [-0.1, -0.05) is 24.3 Å². The third-order valence-corrected chi connectivity index (χ3v) is 3.55. The smallest absolute Gasteiger partial charge is 0.272 e. The summed E-state index contributed by atoms with van der Waals surface area (Å²) in [6.07, 6.45) is 0. The molecule has 0 fully saturated rings. The summed E-state index contributed by atoms with van der Waals surface area (Å²) in [7, 11) is 0. The first-order chi connectivity index (χ1) is 10.5. The number of amides is 1. The second-order valence-electron chi connectivity index (χ2n) is 5.36. The zero-order chi connectivity index (χ0) is 15.7. The van der Waals surface area contributed by atoms with Crippen molar-refractivity contribution in [1.29, 1.82) is 0 Å². The number of fused-ring (bicyclic) bond motifs is 1. The number of aromatic nitrogens is 1. The van der Waals surface area contributed by atoms with Crippen LogP contribution in [0.1, 0.15) is 33.3 Å². The summed E-state index contributed by atoms with van der Waals surface area (Å²) in [6.45, 7) is 3.51. The molecule has 0 saturated carbocycles. The summed E-state index contributed by atoms with van der Waals surface area (Å²) in [4.78, 5) is 26.8. The van der Waals surface area contributed by atoms with Gasteiger partial charge in [0.25, 0.3) is 5.91 Å². The molecule has 4 nitrogen and oxygen atoms in total. The van der Waals surface area contributed by atoms with Gasteiger partial charge >= 0.3 is 0 Å². The van der Waals surface area contributed by atoms with E-state index in [1.165, 1.54) is 6.92 Å². The van der Waals surface area contributed by atoms with Gasteiger partial charge in [0.05, 0.1) is 0 Å². The van der Waals surface area contributed by atoms with E-state index in [1.807, 2.05) is 31.2 Å². The van der Waals surface area contributed by atoms with Gasteiger partial charge in [0, 0.05) is 22.2 Å². The summed E-state index contributed by atoms with van der Waals surface area (Å²) in [5, 5.41) is 3.80. The highest BCUT2D eigenvalue weighted by Crippen LogP contribution is 2.18. The predicted octanol–water partition coefficient (Wildman–Crippen LogP) is 3.93. The number of carbonyl (C=O) groups excluding carboxylic acids is 2. The molecule has 4 heteroatoms. The Morgan fingerprint density at radius 3 is 2.64 bits per heavy atom. The third kappa shape index (κ3) is 2.76. The van der Waals surface area contributed by atoms with Crippen molar-refractivity contribution in [2.24, 2.45) is 0 Å². The molecule has 2 aromatic carbocycles. The van der Waals surface area contributed by atoms with Crippen molar-refractivity contribution in [1.82, 2.24) is 4.98 Å². The highest BCUT2D eigenvalue weighted by Gasteiger charge is 2.10. The van der Waals surface area contributed by atoms with E-state index in [0.29, 0.717) is 16.9 Å². The van der Waals surface area contributed by atoms with Crippen LogP contribution in [0.5, 0.6) is 0 Å². The minimum Gasteiger partial charge on any atom is -0.351 e. The summed E-state index contributed by atoms with van der Waals surface area (Å²) in [5.41, 5.74) is 3.74. The van der Waals surface area contributed by atoms with Gasteiger partial charge in [-0.2, -0.15) is 0 Å². The molecular weight excluding hydrogens is 276 g/mol. The van der Waals surface area contributed by atoms with Crippen LogP contribution in [0.4, 0.5) is 5.69 Å². The van der Waals surface area contributed by atoms with Crippen molar-refractivity contribution in [2.45, 2.75) is 13.8 Å².